The van der Waals surface area contributed by atoms with Crippen LogP contribution >= 0.6 is 0 Å². The van der Waals surface area contributed by atoms with Crippen molar-refractivity contribution in [2.45, 2.75) is 38.9 Å². The van der Waals surface area contributed by atoms with Crippen molar-refractivity contribution >= 4 is 11.9 Å². The molecule has 0 aromatic heterocycles. The highest BCUT2D eigenvalue weighted by molar-refractivity contribution is 5.90. The van der Waals surface area contributed by atoms with Crippen LogP contribution in [0.4, 0.5) is 13.6 Å². The van der Waals surface area contributed by atoms with Gasteiger partial charge in [0.15, 0.2) is 0 Å². The third-order valence-electron chi connectivity index (χ3n) is 5.31. The number of ether oxygens (including phenoxy) is 1. The maximum Gasteiger partial charge on any atom is 0.321 e. The summed E-state index contributed by atoms with van der Waals surface area (Å²) < 4.78 is 32.6. The van der Waals surface area contributed by atoms with E-state index < -0.39 is 17.7 Å². The first-order valence-corrected chi connectivity index (χ1v) is 9.60. The van der Waals surface area contributed by atoms with E-state index in [1.54, 1.807) is 16.9 Å². The molecule has 0 radical (unpaired) electrons. The Bertz CT molecular complexity index is 743. The number of rotatable bonds is 7. The van der Waals surface area contributed by atoms with Crippen molar-refractivity contribution in [3.05, 3.63) is 35.4 Å². The van der Waals surface area contributed by atoms with Crippen LogP contribution in [0.15, 0.2) is 18.2 Å². The molecule has 2 saturated heterocycles. The van der Waals surface area contributed by atoms with Gasteiger partial charge in [0.2, 0.25) is 5.91 Å². The number of nitrogens with zero attached hydrogens (tertiary/aromatic N) is 3. The lowest BCUT2D eigenvalue weighted by Gasteiger charge is -2.42. The number of urea groups is 1. The van der Waals surface area contributed by atoms with Gasteiger partial charge < -0.3 is 19.4 Å². The molecule has 1 aromatic carbocycles. The van der Waals surface area contributed by atoms with Crippen molar-refractivity contribution in [3.8, 4) is 0 Å². The van der Waals surface area contributed by atoms with Gasteiger partial charge in [-0.25, -0.2) is 13.6 Å². The van der Waals surface area contributed by atoms with E-state index in [0.717, 1.165) is 18.2 Å². The van der Waals surface area contributed by atoms with Crippen LogP contribution in [0.25, 0.3) is 0 Å². The van der Waals surface area contributed by atoms with Crippen LogP contribution in [0, 0.1) is 17.6 Å². The summed E-state index contributed by atoms with van der Waals surface area (Å²) in [6.45, 7) is 5.70. The topological polar surface area (TPSA) is 53.1 Å². The van der Waals surface area contributed by atoms with Gasteiger partial charge in [0.1, 0.15) is 17.7 Å². The number of halogens is 2. The number of methoxy groups -OCH3 is 1. The SMILES string of the molecule is COCCN1C[C@@H]2CN(Cc3cc(F)ccc3F)C(=O)N2[C@@H](CC(C)C)C1=O. The zero-order valence-corrected chi connectivity index (χ0v) is 16.5. The summed E-state index contributed by atoms with van der Waals surface area (Å²) in [5, 5.41) is 0. The molecule has 0 N–H and O–H groups in total. The highest BCUT2D eigenvalue weighted by Crippen LogP contribution is 2.30. The van der Waals surface area contributed by atoms with Crippen LogP contribution in [0.3, 0.4) is 0 Å². The van der Waals surface area contributed by atoms with E-state index >= 15 is 0 Å². The van der Waals surface area contributed by atoms with Crippen molar-refractivity contribution in [2.24, 2.45) is 5.92 Å². The molecule has 0 saturated carbocycles. The number of hydrogen-bond acceptors (Lipinski definition) is 3. The number of piperazine rings is 1. The third-order valence-corrected chi connectivity index (χ3v) is 5.31. The minimum atomic E-state index is -0.546. The Morgan fingerprint density at radius 2 is 1.89 bits per heavy atom. The predicted molar refractivity (Wildman–Crippen MR) is 99.5 cm³/mol. The molecule has 2 aliphatic heterocycles. The summed E-state index contributed by atoms with van der Waals surface area (Å²) in [4.78, 5) is 30.9. The average Bonchev–Trinajstić information content (AvgIpc) is 2.94. The molecule has 0 unspecified atom stereocenters. The summed E-state index contributed by atoms with van der Waals surface area (Å²) in [6, 6.07) is 2.24. The normalized spacial score (nSPS) is 22.4. The minimum absolute atomic E-state index is 0.0178. The van der Waals surface area contributed by atoms with Gasteiger partial charge in [-0.2, -0.15) is 0 Å². The zero-order chi connectivity index (χ0) is 20.4. The lowest BCUT2D eigenvalue weighted by Crippen LogP contribution is -2.61. The molecule has 154 valence electrons. The van der Waals surface area contributed by atoms with Crippen molar-refractivity contribution in [1.82, 2.24) is 14.7 Å². The molecule has 1 aromatic rings. The number of amides is 3. The maximum absolute atomic E-state index is 14.0. The van der Waals surface area contributed by atoms with Crippen LogP contribution in [-0.2, 0) is 16.1 Å². The smallest absolute Gasteiger partial charge is 0.321 e. The highest BCUT2D eigenvalue weighted by Gasteiger charge is 2.49. The Balaban J connectivity index is 1.82. The molecule has 2 aliphatic rings. The van der Waals surface area contributed by atoms with Gasteiger partial charge in [-0.05, 0) is 30.5 Å². The Morgan fingerprint density at radius 3 is 2.57 bits per heavy atom. The van der Waals surface area contributed by atoms with Gasteiger partial charge >= 0.3 is 6.03 Å². The predicted octanol–water partition coefficient (Wildman–Crippen LogP) is 2.47. The summed E-state index contributed by atoms with van der Waals surface area (Å²) in [7, 11) is 1.58. The lowest BCUT2D eigenvalue weighted by molar-refractivity contribution is -0.143. The van der Waals surface area contributed by atoms with E-state index in [0.29, 0.717) is 32.7 Å². The lowest BCUT2D eigenvalue weighted by atomic mass is 9.97. The van der Waals surface area contributed by atoms with E-state index in [1.165, 1.54) is 4.90 Å². The van der Waals surface area contributed by atoms with Gasteiger partial charge in [-0.1, -0.05) is 13.8 Å². The summed E-state index contributed by atoms with van der Waals surface area (Å²) in [5.41, 5.74) is 0.135. The zero-order valence-electron chi connectivity index (χ0n) is 16.5. The molecular formula is C20H27F2N3O3. The summed E-state index contributed by atoms with van der Waals surface area (Å²) >= 11 is 0. The molecule has 2 heterocycles. The number of hydrogen-bond donors (Lipinski definition) is 0. The van der Waals surface area contributed by atoms with E-state index in [1.807, 2.05) is 13.8 Å². The van der Waals surface area contributed by atoms with E-state index in [4.69, 9.17) is 4.74 Å². The summed E-state index contributed by atoms with van der Waals surface area (Å²) in [6.07, 6.45) is 0.562. The van der Waals surface area contributed by atoms with Crippen LogP contribution in [0.1, 0.15) is 25.8 Å². The standard InChI is InChI=1S/C20H27F2N3O3/c1-13(2)8-18-19(26)23(6-7-28-3)11-16-12-24(20(27)25(16)18)10-14-9-15(21)4-5-17(14)22/h4-5,9,13,16,18H,6-8,10-12H2,1-3H3/t16-,18+/m1/s1. The Morgan fingerprint density at radius 1 is 1.18 bits per heavy atom. The third kappa shape index (κ3) is 4.11. The molecule has 0 aliphatic carbocycles. The van der Waals surface area contributed by atoms with Gasteiger partial charge in [-0.15, -0.1) is 0 Å². The Kier molecular flexibility index (Phi) is 6.17. The monoisotopic (exact) mass is 395 g/mol. The molecular weight excluding hydrogens is 368 g/mol. The molecule has 6 nitrogen and oxygen atoms in total. The van der Waals surface area contributed by atoms with Gasteiger partial charge in [-0.3, -0.25) is 4.79 Å². The number of carbonyl (C=O) groups excluding carboxylic acids is 2. The maximum atomic E-state index is 14.0. The fourth-order valence-corrected chi connectivity index (χ4v) is 4.01. The van der Waals surface area contributed by atoms with E-state index in [2.05, 4.69) is 0 Å². The van der Waals surface area contributed by atoms with Crippen molar-refractivity contribution < 1.29 is 23.1 Å². The molecule has 2 atom stereocenters. The van der Waals surface area contributed by atoms with Crippen LogP contribution in [0.5, 0.6) is 0 Å². The van der Waals surface area contributed by atoms with E-state index in [9.17, 15) is 18.4 Å². The van der Waals surface area contributed by atoms with Gasteiger partial charge in [0, 0.05) is 32.3 Å². The average molecular weight is 395 g/mol. The summed E-state index contributed by atoms with van der Waals surface area (Å²) in [5.74, 6) is -0.927. The van der Waals surface area contributed by atoms with Crippen molar-refractivity contribution in [3.63, 3.8) is 0 Å². The van der Waals surface area contributed by atoms with Crippen molar-refractivity contribution in [1.29, 1.82) is 0 Å². The van der Waals surface area contributed by atoms with Gasteiger partial charge in [0.05, 0.1) is 19.2 Å². The molecule has 2 fully saturated rings. The fourth-order valence-electron chi connectivity index (χ4n) is 4.01. The minimum Gasteiger partial charge on any atom is -0.383 e. The molecule has 8 heteroatoms. The van der Waals surface area contributed by atoms with E-state index in [-0.39, 0.29) is 36.0 Å². The molecule has 28 heavy (non-hydrogen) atoms. The number of benzene rings is 1. The first-order valence-electron chi connectivity index (χ1n) is 9.60. The Labute approximate surface area is 164 Å². The van der Waals surface area contributed by atoms with Crippen LogP contribution < -0.4 is 0 Å². The van der Waals surface area contributed by atoms with Crippen molar-refractivity contribution in [2.75, 3.05) is 33.4 Å². The number of carbonyl (C=O) groups is 2. The Hall–Kier alpha value is -2.22. The van der Waals surface area contributed by atoms with Crippen LogP contribution in [0.2, 0.25) is 0 Å². The molecule has 0 bridgehead atoms. The molecule has 3 rings (SSSR count). The first-order chi connectivity index (χ1) is 13.3. The second-order valence-electron chi connectivity index (χ2n) is 7.88. The second-order valence-corrected chi connectivity index (χ2v) is 7.88. The number of fused-ring (bicyclic) bond motifs is 1. The fraction of sp³-hybridized carbons (Fsp3) is 0.600. The molecule has 0 spiro atoms. The quantitative estimate of drug-likeness (QED) is 0.713. The second kappa shape index (κ2) is 8.43. The first kappa shape index (κ1) is 20.5. The molecule has 3 amide bonds. The van der Waals surface area contributed by atoms with Crippen LogP contribution in [-0.4, -0.2) is 72.1 Å². The van der Waals surface area contributed by atoms with Gasteiger partial charge in [0.25, 0.3) is 0 Å². The largest absolute Gasteiger partial charge is 0.383 e. The highest BCUT2D eigenvalue weighted by atomic mass is 19.1.